The molecule has 0 heterocycles. The van der Waals surface area contributed by atoms with Gasteiger partial charge in [0.15, 0.2) is 0 Å². The second-order valence-electron chi connectivity index (χ2n) is 3.78. The fourth-order valence-electron chi connectivity index (χ4n) is 1.46. The van der Waals surface area contributed by atoms with Crippen molar-refractivity contribution in [2.45, 2.75) is 19.9 Å². The minimum absolute atomic E-state index is 0.221. The molecule has 16 heavy (non-hydrogen) atoms. The van der Waals surface area contributed by atoms with Crippen molar-refractivity contribution in [1.29, 1.82) is 0 Å². The summed E-state index contributed by atoms with van der Waals surface area (Å²) in [5, 5.41) is 11.6. The lowest BCUT2D eigenvalue weighted by Gasteiger charge is -2.13. The van der Waals surface area contributed by atoms with Gasteiger partial charge in [0.25, 0.3) is 0 Å². The molecule has 0 unspecified atom stereocenters. The van der Waals surface area contributed by atoms with Crippen LogP contribution in [-0.2, 0) is 4.79 Å². The minimum Gasteiger partial charge on any atom is -0.478 e. The van der Waals surface area contributed by atoms with Gasteiger partial charge in [-0.25, -0.2) is 4.79 Å². The maximum Gasteiger partial charge on any atom is 0.328 e. The number of nitrogens with one attached hydrogen (secondary N) is 1. The third-order valence-electron chi connectivity index (χ3n) is 2.34. The van der Waals surface area contributed by atoms with Crippen LogP contribution in [-0.4, -0.2) is 17.6 Å². The van der Waals surface area contributed by atoms with Crippen LogP contribution < -0.4 is 5.32 Å². The van der Waals surface area contributed by atoms with Gasteiger partial charge in [0, 0.05) is 18.7 Å². The summed E-state index contributed by atoms with van der Waals surface area (Å²) in [6.07, 6.45) is 2.75. The third kappa shape index (κ3) is 4.28. The maximum atomic E-state index is 10.2. The molecule has 1 atom stereocenters. The number of carboxylic acids is 1. The second-order valence-corrected chi connectivity index (χ2v) is 3.78. The summed E-state index contributed by atoms with van der Waals surface area (Å²) in [6, 6.07) is 8.49. The largest absolute Gasteiger partial charge is 0.478 e. The van der Waals surface area contributed by atoms with E-state index < -0.39 is 5.97 Å². The summed E-state index contributed by atoms with van der Waals surface area (Å²) >= 11 is 0. The van der Waals surface area contributed by atoms with Gasteiger partial charge >= 0.3 is 5.97 Å². The maximum absolute atomic E-state index is 10.2. The van der Waals surface area contributed by atoms with E-state index in [0.717, 1.165) is 6.08 Å². The van der Waals surface area contributed by atoms with E-state index in [2.05, 4.69) is 37.4 Å². The molecule has 0 bridgehead atoms. The number of carboxylic acid groups (broad SMARTS) is 1. The first-order valence-corrected chi connectivity index (χ1v) is 5.29. The smallest absolute Gasteiger partial charge is 0.328 e. The molecular weight excluding hydrogens is 202 g/mol. The van der Waals surface area contributed by atoms with Crippen LogP contribution in [0.1, 0.15) is 24.1 Å². The number of aliphatic carboxylic acids is 1. The molecule has 3 heteroatoms. The first-order valence-electron chi connectivity index (χ1n) is 5.29. The molecule has 2 N–H and O–H groups in total. The Morgan fingerprint density at radius 3 is 2.94 bits per heavy atom. The quantitative estimate of drug-likeness (QED) is 0.747. The third-order valence-corrected chi connectivity index (χ3v) is 2.34. The van der Waals surface area contributed by atoms with Crippen LogP contribution in [0.4, 0.5) is 0 Å². The van der Waals surface area contributed by atoms with Crippen LogP contribution in [0, 0.1) is 6.92 Å². The monoisotopic (exact) mass is 219 g/mol. The van der Waals surface area contributed by atoms with Gasteiger partial charge in [-0.2, -0.15) is 0 Å². The first-order chi connectivity index (χ1) is 7.59. The predicted octanol–water partition coefficient (Wildman–Crippen LogP) is 2.29. The molecule has 0 saturated heterocycles. The molecule has 0 aliphatic rings. The Morgan fingerprint density at radius 2 is 2.31 bits per heavy atom. The number of rotatable bonds is 5. The molecular formula is C13H17NO2. The molecule has 3 nitrogen and oxygen atoms in total. The van der Waals surface area contributed by atoms with Gasteiger partial charge in [-0.3, -0.25) is 0 Å². The molecule has 1 aromatic rings. The Kier molecular flexibility index (Phi) is 4.73. The molecule has 1 rings (SSSR count). The zero-order valence-corrected chi connectivity index (χ0v) is 9.60. The van der Waals surface area contributed by atoms with Crippen molar-refractivity contribution in [3.05, 3.63) is 47.5 Å². The highest BCUT2D eigenvalue weighted by Gasteiger charge is 2.02. The molecule has 0 spiro atoms. The lowest BCUT2D eigenvalue weighted by molar-refractivity contribution is -0.131. The minimum atomic E-state index is -0.912. The lowest BCUT2D eigenvalue weighted by Crippen LogP contribution is -2.18. The fourth-order valence-corrected chi connectivity index (χ4v) is 1.46. The van der Waals surface area contributed by atoms with Crippen LogP contribution in [0.2, 0.25) is 0 Å². The number of hydrogen-bond acceptors (Lipinski definition) is 2. The summed E-state index contributed by atoms with van der Waals surface area (Å²) in [5.74, 6) is -0.912. The average molecular weight is 219 g/mol. The van der Waals surface area contributed by atoms with Crippen molar-refractivity contribution in [2.24, 2.45) is 0 Å². The summed E-state index contributed by atoms with van der Waals surface area (Å²) in [7, 11) is 0. The number of carbonyl (C=O) groups is 1. The standard InChI is InChI=1S/C13H17NO2/c1-10-5-3-6-12(9-10)11(2)14-8-4-7-13(15)16/h3-7,9,11,14H,8H2,1-2H3,(H,15,16)/b7-4+/t11-/m0/s1. The Labute approximate surface area is 95.8 Å². The van der Waals surface area contributed by atoms with Crippen molar-refractivity contribution in [3.8, 4) is 0 Å². The van der Waals surface area contributed by atoms with Crippen molar-refractivity contribution in [3.63, 3.8) is 0 Å². The van der Waals surface area contributed by atoms with Crippen LogP contribution in [0.5, 0.6) is 0 Å². The van der Waals surface area contributed by atoms with E-state index in [-0.39, 0.29) is 6.04 Å². The highest BCUT2D eigenvalue weighted by molar-refractivity contribution is 5.79. The zero-order chi connectivity index (χ0) is 12.0. The fraction of sp³-hybridized carbons (Fsp3) is 0.308. The van der Waals surface area contributed by atoms with Gasteiger partial charge < -0.3 is 10.4 Å². The van der Waals surface area contributed by atoms with Gasteiger partial charge in [0.2, 0.25) is 0 Å². The van der Waals surface area contributed by atoms with E-state index in [9.17, 15) is 4.79 Å². The van der Waals surface area contributed by atoms with Gasteiger partial charge in [0.1, 0.15) is 0 Å². The van der Waals surface area contributed by atoms with Crippen molar-refractivity contribution >= 4 is 5.97 Å². The Bertz CT molecular complexity index is 385. The van der Waals surface area contributed by atoms with E-state index >= 15 is 0 Å². The van der Waals surface area contributed by atoms with Gasteiger partial charge in [-0.15, -0.1) is 0 Å². The molecule has 0 fully saturated rings. The SMILES string of the molecule is Cc1cccc([C@H](C)NC/C=C/C(=O)O)c1. The lowest BCUT2D eigenvalue weighted by atomic mass is 10.1. The van der Waals surface area contributed by atoms with E-state index in [0.29, 0.717) is 6.54 Å². The van der Waals surface area contributed by atoms with Crippen LogP contribution in [0.3, 0.4) is 0 Å². The summed E-state index contributed by atoms with van der Waals surface area (Å²) in [4.78, 5) is 10.2. The van der Waals surface area contributed by atoms with E-state index in [1.54, 1.807) is 6.08 Å². The van der Waals surface area contributed by atoms with Crippen LogP contribution in [0.25, 0.3) is 0 Å². The van der Waals surface area contributed by atoms with E-state index in [1.807, 2.05) is 6.07 Å². The van der Waals surface area contributed by atoms with Gasteiger partial charge in [-0.1, -0.05) is 35.9 Å². The first kappa shape index (κ1) is 12.5. The highest BCUT2D eigenvalue weighted by atomic mass is 16.4. The molecule has 0 aromatic heterocycles. The molecule has 0 saturated carbocycles. The zero-order valence-electron chi connectivity index (χ0n) is 9.60. The normalized spacial score (nSPS) is 12.9. The number of aryl methyl sites for hydroxylation is 1. The topological polar surface area (TPSA) is 49.3 Å². The van der Waals surface area contributed by atoms with E-state index in [4.69, 9.17) is 5.11 Å². The molecule has 0 aliphatic heterocycles. The van der Waals surface area contributed by atoms with Crippen LogP contribution in [0.15, 0.2) is 36.4 Å². The molecule has 0 aliphatic carbocycles. The number of benzene rings is 1. The Hall–Kier alpha value is -1.61. The summed E-state index contributed by atoms with van der Waals surface area (Å²) < 4.78 is 0. The average Bonchev–Trinajstić information content (AvgIpc) is 2.24. The van der Waals surface area contributed by atoms with Crippen molar-refractivity contribution in [1.82, 2.24) is 5.32 Å². The van der Waals surface area contributed by atoms with Gasteiger partial charge in [-0.05, 0) is 19.4 Å². The summed E-state index contributed by atoms with van der Waals surface area (Å²) in [6.45, 7) is 4.67. The predicted molar refractivity (Wildman–Crippen MR) is 64.4 cm³/mol. The van der Waals surface area contributed by atoms with Gasteiger partial charge in [0.05, 0.1) is 0 Å². The van der Waals surface area contributed by atoms with E-state index in [1.165, 1.54) is 11.1 Å². The number of hydrogen-bond donors (Lipinski definition) is 2. The molecule has 0 amide bonds. The Morgan fingerprint density at radius 1 is 1.56 bits per heavy atom. The van der Waals surface area contributed by atoms with Crippen LogP contribution >= 0.6 is 0 Å². The Balaban J connectivity index is 2.46. The highest BCUT2D eigenvalue weighted by Crippen LogP contribution is 2.13. The molecule has 86 valence electrons. The van der Waals surface area contributed by atoms with Crippen molar-refractivity contribution < 1.29 is 9.90 Å². The second kappa shape index (κ2) is 6.08. The molecule has 1 aromatic carbocycles. The summed E-state index contributed by atoms with van der Waals surface area (Å²) in [5.41, 5.74) is 2.44. The molecule has 0 radical (unpaired) electrons. The van der Waals surface area contributed by atoms with Crippen molar-refractivity contribution in [2.75, 3.05) is 6.54 Å².